The number of hydrogen-bond acceptors (Lipinski definition) is 4. The highest BCUT2D eigenvalue weighted by Crippen LogP contribution is 2.25. The molecule has 1 aliphatic heterocycles. The standard InChI is InChI=1S/C14H17N5O/c1-18-9-12(7-17-18)14(20)19-6-2-3-11(10-19)13-8-15-4-5-16-13/h4-5,7-9,11H,2-3,6,10H2,1H3/t11-/m0/s1. The minimum Gasteiger partial charge on any atom is -0.338 e. The first-order chi connectivity index (χ1) is 9.74. The number of amides is 1. The van der Waals surface area contributed by atoms with Crippen molar-refractivity contribution in [1.82, 2.24) is 24.6 Å². The third-order valence-corrected chi connectivity index (χ3v) is 3.66. The lowest BCUT2D eigenvalue weighted by atomic mass is 9.94. The van der Waals surface area contributed by atoms with Gasteiger partial charge in [0.2, 0.25) is 0 Å². The molecule has 0 aliphatic carbocycles. The Bertz CT molecular complexity index is 595. The van der Waals surface area contributed by atoms with Crippen LogP contribution in [0.2, 0.25) is 0 Å². The zero-order chi connectivity index (χ0) is 13.9. The van der Waals surface area contributed by atoms with E-state index in [0.29, 0.717) is 12.1 Å². The largest absolute Gasteiger partial charge is 0.338 e. The van der Waals surface area contributed by atoms with Gasteiger partial charge in [-0.3, -0.25) is 19.4 Å². The van der Waals surface area contributed by atoms with Crippen molar-refractivity contribution in [3.63, 3.8) is 0 Å². The first-order valence-electron chi connectivity index (χ1n) is 6.78. The van der Waals surface area contributed by atoms with E-state index < -0.39 is 0 Å². The number of piperidine rings is 1. The summed E-state index contributed by atoms with van der Waals surface area (Å²) in [7, 11) is 1.81. The van der Waals surface area contributed by atoms with Gasteiger partial charge in [-0.1, -0.05) is 0 Å². The molecule has 20 heavy (non-hydrogen) atoms. The van der Waals surface area contributed by atoms with Crippen molar-refractivity contribution < 1.29 is 4.79 Å². The van der Waals surface area contributed by atoms with Crippen molar-refractivity contribution in [3.05, 3.63) is 42.2 Å². The molecule has 2 aromatic rings. The maximum absolute atomic E-state index is 12.4. The van der Waals surface area contributed by atoms with E-state index in [9.17, 15) is 4.79 Å². The van der Waals surface area contributed by atoms with Crippen molar-refractivity contribution >= 4 is 5.91 Å². The van der Waals surface area contributed by atoms with Gasteiger partial charge in [-0.05, 0) is 12.8 Å². The quantitative estimate of drug-likeness (QED) is 0.824. The SMILES string of the molecule is Cn1cc(C(=O)N2CCC[C@H](c3cnccn3)C2)cn1. The third-order valence-electron chi connectivity index (χ3n) is 3.66. The Morgan fingerprint density at radius 1 is 1.35 bits per heavy atom. The Morgan fingerprint density at radius 3 is 2.95 bits per heavy atom. The monoisotopic (exact) mass is 271 g/mol. The van der Waals surface area contributed by atoms with Crippen LogP contribution in [0.1, 0.15) is 34.8 Å². The predicted octanol–water partition coefficient (Wildman–Crippen LogP) is 1.23. The molecule has 1 saturated heterocycles. The van der Waals surface area contributed by atoms with Crippen LogP contribution in [0, 0.1) is 0 Å². The molecular formula is C14H17N5O. The summed E-state index contributed by atoms with van der Waals surface area (Å²) in [5.74, 6) is 0.324. The molecule has 6 nitrogen and oxygen atoms in total. The molecule has 1 fully saturated rings. The maximum Gasteiger partial charge on any atom is 0.257 e. The second-order valence-corrected chi connectivity index (χ2v) is 5.12. The first-order valence-corrected chi connectivity index (χ1v) is 6.78. The average molecular weight is 271 g/mol. The molecule has 3 rings (SSSR count). The summed E-state index contributed by atoms with van der Waals surface area (Å²) in [4.78, 5) is 22.8. The fourth-order valence-corrected chi connectivity index (χ4v) is 2.64. The Labute approximate surface area is 117 Å². The minimum absolute atomic E-state index is 0.0479. The predicted molar refractivity (Wildman–Crippen MR) is 73.1 cm³/mol. The molecule has 0 bridgehead atoms. The van der Waals surface area contributed by atoms with E-state index in [0.717, 1.165) is 25.1 Å². The number of rotatable bonds is 2. The molecule has 1 amide bonds. The normalized spacial score (nSPS) is 19.1. The van der Waals surface area contributed by atoms with E-state index >= 15 is 0 Å². The van der Waals surface area contributed by atoms with Gasteiger partial charge in [0.15, 0.2) is 0 Å². The van der Waals surface area contributed by atoms with Crippen LogP contribution in [-0.2, 0) is 7.05 Å². The Balaban J connectivity index is 1.74. The highest BCUT2D eigenvalue weighted by molar-refractivity contribution is 5.93. The fraction of sp³-hybridized carbons (Fsp3) is 0.429. The molecule has 0 radical (unpaired) electrons. The fourth-order valence-electron chi connectivity index (χ4n) is 2.64. The number of hydrogen-bond donors (Lipinski definition) is 0. The number of aryl methyl sites for hydroxylation is 1. The lowest BCUT2D eigenvalue weighted by Crippen LogP contribution is -2.39. The molecule has 1 aliphatic rings. The number of aromatic nitrogens is 4. The molecule has 0 N–H and O–H groups in total. The number of likely N-dealkylation sites (tertiary alicyclic amines) is 1. The number of carbonyl (C=O) groups excluding carboxylic acids is 1. The smallest absolute Gasteiger partial charge is 0.257 e. The van der Waals surface area contributed by atoms with E-state index in [1.54, 1.807) is 35.7 Å². The number of nitrogens with zero attached hydrogens (tertiary/aromatic N) is 5. The van der Waals surface area contributed by atoms with E-state index in [4.69, 9.17) is 0 Å². The van der Waals surface area contributed by atoms with E-state index in [1.807, 2.05) is 11.9 Å². The van der Waals surface area contributed by atoms with Crippen LogP contribution >= 0.6 is 0 Å². The van der Waals surface area contributed by atoms with Gasteiger partial charge in [-0.25, -0.2) is 0 Å². The van der Waals surface area contributed by atoms with Gasteiger partial charge in [0, 0.05) is 50.8 Å². The van der Waals surface area contributed by atoms with Gasteiger partial charge in [0.25, 0.3) is 5.91 Å². The Morgan fingerprint density at radius 2 is 2.25 bits per heavy atom. The van der Waals surface area contributed by atoms with Gasteiger partial charge >= 0.3 is 0 Å². The van der Waals surface area contributed by atoms with E-state index in [1.165, 1.54) is 0 Å². The molecule has 104 valence electrons. The average Bonchev–Trinajstić information content (AvgIpc) is 2.94. The van der Waals surface area contributed by atoms with Crippen LogP contribution in [0.4, 0.5) is 0 Å². The maximum atomic E-state index is 12.4. The second kappa shape index (κ2) is 5.40. The summed E-state index contributed by atoms with van der Waals surface area (Å²) in [6.07, 6.45) is 10.6. The summed E-state index contributed by atoms with van der Waals surface area (Å²) in [6, 6.07) is 0. The van der Waals surface area contributed by atoms with Crippen molar-refractivity contribution in [3.8, 4) is 0 Å². The summed E-state index contributed by atoms with van der Waals surface area (Å²) in [5, 5.41) is 4.06. The van der Waals surface area contributed by atoms with E-state index in [-0.39, 0.29) is 11.8 Å². The van der Waals surface area contributed by atoms with Gasteiger partial charge in [0.05, 0.1) is 17.5 Å². The van der Waals surface area contributed by atoms with Gasteiger partial charge in [-0.15, -0.1) is 0 Å². The van der Waals surface area contributed by atoms with Crippen LogP contribution in [0.5, 0.6) is 0 Å². The molecule has 3 heterocycles. The molecule has 6 heteroatoms. The van der Waals surface area contributed by atoms with E-state index in [2.05, 4.69) is 15.1 Å². The van der Waals surface area contributed by atoms with Crippen molar-refractivity contribution in [2.45, 2.75) is 18.8 Å². The third kappa shape index (κ3) is 2.54. The minimum atomic E-state index is 0.0479. The summed E-state index contributed by atoms with van der Waals surface area (Å²) < 4.78 is 1.65. The second-order valence-electron chi connectivity index (χ2n) is 5.12. The zero-order valence-corrected chi connectivity index (χ0v) is 11.4. The molecule has 0 spiro atoms. The lowest BCUT2D eigenvalue weighted by molar-refractivity contribution is 0.0705. The van der Waals surface area contributed by atoms with Crippen LogP contribution in [0.15, 0.2) is 31.0 Å². The molecule has 0 aromatic carbocycles. The highest BCUT2D eigenvalue weighted by atomic mass is 16.2. The Kier molecular flexibility index (Phi) is 3.45. The van der Waals surface area contributed by atoms with Crippen LogP contribution in [0.3, 0.4) is 0 Å². The molecule has 2 aromatic heterocycles. The summed E-state index contributed by atoms with van der Waals surface area (Å²) >= 11 is 0. The zero-order valence-electron chi connectivity index (χ0n) is 11.4. The lowest BCUT2D eigenvalue weighted by Gasteiger charge is -2.32. The van der Waals surface area contributed by atoms with Gasteiger partial charge in [-0.2, -0.15) is 5.10 Å². The summed E-state index contributed by atoms with van der Waals surface area (Å²) in [6.45, 7) is 1.50. The summed E-state index contributed by atoms with van der Waals surface area (Å²) in [5.41, 5.74) is 1.61. The van der Waals surface area contributed by atoms with Crippen molar-refractivity contribution in [2.24, 2.45) is 7.05 Å². The number of carbonyl (C=O) groups is 1. The molecular weight excluding hydrogens is 254 g/mol. The van der Waals surface area contributed by atoms with Crippen LogP contribution in [-0.4, -0.2) is 43.6 Å². The van der Waals surface area contributed by atoms with Gasteiger partial charge in [0.1, 0.15) is 0 Å². The van der Waals surface area contributed by atoms with Crippen molar-refractivity contribution in [1.29, 1.82) is 0 Å². The van der Waals surface area contributed by atoms with Gasteiger partial charge < -0.3 is 4.90 Å². The molecule has 0 unspecified atom stereocenters. The molecule has 0 saturated carbocycles. The highest BCUT2D eigenvalue weighted by Gasteiger charge is 2.26. The van der Waals surface area contributed by atoms with Crippen LogP contribution < -0.4 is 0 Å². The Hall–Kier alpha value is -2.24. The van der Waals surface area contributed by atoms with Crippen LogP contribution in [0.25, 0.3) is 0 Å². The topological polar surface area (TPSA) is 63.9 Å². The molecule has 1 atom stereocenters. The first kappa shape index (κ1) is 12.8. The van der Waals surface area contributed by atoms with Crippen molar-refractivity contribution in [2.75, 3.05) is 13.1 Å².